The first-order chi connectivity index (χ1) is 10.0. The van der Waals surface area contributed by atoms with Crippen LogP contribution in [0.1, 0.15) is 37.2 Å². The summed E-state index contributed by atoms with van der Waals surface area (Å²) in [5, 5.41) is 8.66. The van der Waals surface area contributed by atoms with Gasteiger partial charge in [-0.1, -0.05) is 13.3 Å². The Balaban J connectivity index is 2.32. The molecule has 112 valence electrons. The van der Waals surface area contributed by atoms with Crippen LogP contribution in [0, 0.1) is 0 Å². The Bertz CT molecular complexity index is 779. The first-order valence-electron chi connectivity index (χ1n) is 7.10. The topological polar surface area (TPSA) is 53.5 Å². The molecule has 21 heavy (non-hydrogen) atoms. The van der Waals surface area contributed by atoms with Crippen LogP contribution in [0.4, 0.5) is 0 Å². The van der Waals surface area contributed by atoms with E-state index in [0.717, 1.165) is 41.2 Å². The van der Waals surface area contributed by atoms with Crippen molar-refractivity contribution in [2.24, 2.45) is 14.1 Å². The average molecular weight is 307 g/mol. The van der Waals surface area contributed by atoms with Gasteiger partial charge < -0.3 is 0 Å². The van der Waals surface area contributed by atoms with Crippen molar-refractivity contribution in [2.75, 3.05) is 0 Å². The lowest BCUT2D eigenvalue weighted by molar-refractivity contribution is 0.726. The fourth-order valence-corrected chi connectivity index (χ4v) is 2.79. The molecule has 0 spiro atoms. The van der Waals surface area contributed by atoms with E-state index >= 15 is 0 Å². The van der Waals surface area contributed by atoms with Crippen LogP contribution in [0.2, 0.25) is 0 Å². The van der Waals surface area contributed by atoms with Gasteiger partial charge in [-0.2, -0.15) is 10.2 Å². The fourth-order valence-electron chi connectivity index (χ4n) is 2.65. The summed E-state index contributed by atoms with van der Waals surface area (Å²) < 4.78 is 5.70. The van der Waals surface area contributed by atoms with E-state index < -0.39 is 0 Å². The van der Waals surface area contributed by atoms with Crippen LogP contribution in [0.15, 0.2) is 12.4 Å². The molecular formula is C14H19ClN6. The van der Waals surface area contributed by atoms with Gasteiger partial charge in [-0.25, -0.2) is 9.67 Å². The number of aromatic nitrogens is 6. The average Bonchev–Trinajstić information content (AvgIpc) is 3.07. The van der Waals surface area contributed by atoms with E-state index in [4.69, 9.17) is 16.6 Å². The maximum atomic E-state index is 6.33. The van der Waals surface area contributed by atoms with E-state index in [-0.39, 0.29) is 5.38 Å². The first-order valence-corrected chi connectivity index (χ1v) is 7.53. The maximum absolute atomic E-state index is 6.33. The quantitative estimate of drug-likeness (QED) is 0.696. The molecular weight excluding hydrogens is 288 g/mol. The second-order valence-corrected chi connectivity index (χ2v) is 5.94. The fraction of sp³-hybridized carbons (Fsp3) is 0.500. The molecule has 0 saturated heterocycles. The largest absolute Gasteiger partial charge is 0.276 e. The molecule has 0 aliphatic carbocycles. The van der Waals surface area contributed by atoms with E-state index in [1.54, 1.807) is 4.68 Å². The Labute approximate surface area is 128 Å². The third-order valence-electron chi connectivity index (χ3n) is 3.52. The van der Waals surface area contributed by atoms with Gasteiger partial charge in [0.2, 0.25) is 0 Å². The molecule has 3 rings (SSSR count). The smallest absolute Gasteiger partial charge is 0.163 e. The minimum atomic E-state index is -0.188. The number of nitrogens with zero attached hydrogens (tertiary/aromatic N) is 6. The predicted octanol–water partition coefficient (Wildman–Crippen LogP) is 2.74. The maximum Gasteiger partial charge on any atom is 0.163 e. The molecule has 0 aliphatic heterocycles. The van der Waals surface area contributed by atoms with Crippen molar-refractivity contribution in [2.45, 2.75) is 32.1 Å². The summed E-state index contributed by atoms with van der Waals surface area (Å²) in [5.41, 5.74) is 3.88. The van der Waals surface area contributed by atoms with Crippen molar-refractivity contribution in [3.8, 4) is 5.69 Å². The van der Waals surface area contributed by atoms with Gasteiger partial charge in [0.05, 0.1) is 23.0 Å². The SMILES string of the molecule is CCCc1nn(C)c2c1nc(C(C)Cl)n2-c1cnn(C)c1. The lowest BCUT2D eigenvalue weighted by Crippen LogP contribution is -2.05. The molecule has 1 atom stereocenters. The molecule has 0 amide bonds. The van der Waals surface area contributed by atoms with E-state index in [2.05, 4.69) is 17.1 Å². The van der Waals surface area contributed by atoms with E-state index in [0.29, 0.717) is 0 Å². The number of fused-ring (bicyclic) bond motifs is 1. The highest BCUT2D eigenvalue weighted by Crippen LogP contribution is 2.29. The number of halogens is 1. The van der Waals surface area contributed by atoms with Gasteiger partial charge in [-0.3, -0.25) is 9.25 Å². The van der Waals surface area contributed by atoms with Crippen LogP contribution in [0.25, 0.3) is 16.9 Å². The molecule has 0 saturated carbocycles. The summed E-state index contributed by atoms with van der Waals surface area (Å²) in [7, 11) is 3.84. The number of hydrogen-bond acceptors (Lipinski definition) is 3. The highest BCUT2D eigenvalue weighted by Gasteiger charge is 2.22. The summed E-state index contributed by atoms with van der Waals surface area (Å²) in [6.45, 7) is 4.08. The van der Waals surface area contributed by atoms with Crippen LogP contribution < -0.4 is 0 Å². The monoisotopic (exact) mass is 306 g/mol. The molecule has 0 aromatic carbocycles. The lowest BCUT2D eigenvalue weighted by atomic mass is 10.2. The number of rotatable bonds is 4. The zero-order valence-electron chi connectivity index (χ0n) is 12.7. The molecule has 0 fully saturated rings. The number of aryl methyl sites for hydroxylation is 3. The summed E-state index contributed by atoms with van der Waals surface area (Å²) in [5.74, 6) is 0.824. The van der Waals surface area contributed by atoms with Crippen molar-refractivity contribution < 1.29 is 0 Å². The van der Waals surface area contributed by atoms with Crippen molar-refractivity contribution in [3.05, 3.63) is 23.9 Å². The molecule has 3 aromatic heterocycles. The molecule has 7 heteroatoms. The van der Waals surface area contributed by atoms with Crippen LogP contribution >= 0.6 is 11.6 Å². The van der Waals surface area contributed by atoms with Gasteiger partial charge in [-0.05, 0) is 13.3 Å². The van der Waals surface area contributed by atoms with Crippen LogP contribution in [-0.4, -0.2) is 29.1 Å². The summed E-state index contributed by atoms with van der Waals surface area (Å²) >= 11 is 6.33. The number of alkyl halides is 1. The van der Waals surface area contributed by atoms with Gasteiger partial charge in [0.1, 0.15) is 11.3 Å². The predicted molar refractivity (Wildman–Crippen MR) is 82.9 cm³/mol. The first kappa shape index (κ1) is 14.1. The Kier molecular flexibility index (Phi) is 3.49. The van der Waals surface area contributed by atoms with Gasteiger partial charge in [0.15, 0.2) is 5.65 Å². The highest BCUT2D eigenvalue weighted by molar-refractivity contribution is 6.20. The Morgan fingerprint density at radius 1 is 1.33 bits per heavy atom. The lowest BCUT2D eigenvalue weighted by Gasteiger charge is -2.08. The van der Waals surface area contributed by atoms with Gasteiger partial charge >= 0.3 is 0 Å². The normalized spacial score (nSPS) is 13.2. The molecule has 3 heterocycles. The Morgan fingerprint density at radius 3 is 2.67 bits per heavy atom. The van der Waals surface area contributed by atoms with E-state index in [9.17, 15) is 0 Å². The standard InChI is InChI=1S/C14H19ClN6/c1-5-6-11-12-14(20(4)18-11)21(13(17-12)9(2)15)10-7-16-19(3)8-10/h7-9H,5-6H2,1-4H3. The van der Waals surface area contributed by atoms with Crippen LogP contribution in [0.3, 0.4) is 0 Å². The summed E-state index contributed by atoms with van der Waals surface area (Å²) in [4.78, 5) is 4.75. The third kappa shape index (κ3) is 2.23. The zero-order chi connectivity index (χ0) is 15.1. The molecule has 6 nitrogen and oxygen atoms in total. The second-order valence-electron chi connectivity index (χ2n) is 5.29. The summed E-state index contributed by atoms with van der Waals surface area (Å²) in [6.07, 6.45) is 5.72. The minimum Gasteiger partial charge on any atom is -0.276 e. The molecule has 0 bridgehead atoms. The summed E-state index contributed by atoms with van der Waals surface area (Å²) in [6, 6.07) is 0. The zero-order valence-corrected chi connectivity index (χ0v) is 13.5. The van der Waals surface area contributed by atoms with Gasteiger partial charge in [-0.15, -0.1) is 11.6 Å². The van der Waals surface area contributed by atoms with Gasteiger partial charge in [0, 0.05) is 20.3 Å². The molecule has 0 aliphatic rings. The Morgan fingerprint density at radius 2 is 2.10 bits per heavy atom. The van der Waals surface area contributed by atoms with Crippen molar-refractivity contribution in [1.82, 2.24) is 29.1 Å². The van der Waals surface area contributed by atoms with Crippen LogP contribution in [0.5, 0.6) is 0 Å². The van der Waals surface area contributed by atoms with E-state index in [1.165, 1.54) is 0 Å². The molecule has 0 radical (unpaired) electrons. The molecule has 3 aromatic rings. The van der Waals surface area contributed by atoms with Crippen molar-refractivity contribution in [3.63, 3.8) is 0 Å². The van der Waals surface area contributed by atoms with Crippen molar-refractivity contribution in [1.29, 1.82) is 0 Å². The number of imidazole rings is 1. The molecule has 1 unspecified atom stereocenters. The Hall–Kier alpha value is -1.82. The molecule has 0 N–H and O–H groups in total. The second kappa shape index (κ2) is 5.18. The van der Waals surface area contributed by atoms with Crippen molar-refractivity contribution >= 4 is 22.8 Å². The van der Waals surface area contributed by atoms with Gasteiger partial charge in [0.25, 0.3) is 0 Å². The minimum absolute atomic E-state index is 0.188. The van der Waals surface area contributed by atoms with E-state index in [1.807, 2.05) is 42.7 Å². The van der Waals surface area contributed by atoms with Crippen LogP contribution in [-0.2, 0) is 20.5 Å². The third-order valence-corrected chi connectivity index (χ3v) is 3.72. The highest BCUT2D eigenvalue weighted by atomic mass is 35.5. The number of hydrogen-bond donors (Lipinski definition) is 0.